The normalized spacial score (nSPS) is 13.5. The van der Waals surface area contributed by atoms with Crippen LogP contribution in [0.3, 0.4) is 0 Å². The average molecular weight is 537 g/mol. The fourth-order valence-corrected chi connectivity index (χ4v) is 6.10. The summed E-state index contributed by atoms with van der Waals surface area (Å²) in [7, 11) is 0. The van der Waals surface area contributed by atoms with E-state index in [0.29, 0.717) is 18.2 Å². The Morgan fingerprint density at radius 1 is 1.23 bits per heavy atom. The predicted octanol–water partition coefficient (Wildman–Crippen LogP) is 6.61. The van der Waals surface area contributed by atoms with Gasteiger partial charge < -0.3 is 16.0 Å². The second-order valence-electron chi connectivity index (χ2n) is 9.53. The van der Waals surface area contributed by atoms with E-state index in [9.17, 15) is 4.79 Å². The quantitative estimate of drug-likeness (QED) is 0.259. The van der Waals surface area contributed by atoms with Gasteiger partial charge in [0.25, 0.3) is 0 Å². The number of carbonyl (C=O) groups is 1. The van der Waals surface area contributed by atoms with Gasteiger partial charge in [0.2, 0.25) is 5.91 Å². The number of aryl methyl sites for hydroxylation is 1. The van der Waals surface area contributed by atoms with Crippen molar-refractivity contribution in [1.82, 2.24) is 19.7 Å². The van der Waals surface area contributed by atoms with E-state index in [1.807, 2.05) is 35.9 Å². The number of nitrogens with zero attached hydrogens (tertiary/aromatic N) is 4. The molecule has 1 aliphatic heterocycles. The molecule has 7 nitrogen and oxygen atoms in total. The Morgan fingerprint density at radius 3 is 2.72 bits per heavy atom. The van der Waals surface area contributed by atoms with Gasteiger partial charge >= 0.3 is 0 Å². The lowest BCUT2D eigenvalue weighted by Crippen LogP contribution is -2.27. The number of aromatic nitrogens is 3. The molecule has 0 saturated carbocycles. The zero-order valence-electron chi connectivity index (χ0n) is 22.7. The van der Waals surface area contributed by atoms with Gasteiger partial charge in [-0.15, -0.1) is 0 Å². The zero-order chi connectivity index (χ0) is 27.8. The number of fused-ring (bicyclic) bond motifs is 2. The van der Waals surface area contributed by atoms with Gasteiger partial charge in [-0.3, -0.25) is 9.48 Å². The molecular weight excluding hydrogens is 504 g/mol. The van der Waals surface area contributed by atoms with E-state index in [-0.39, 0.29) is 5.91 Å². The van der Waals surface area contributed by atoms with Crippen LogP contribution in [0, 0.1) is 13.8 Å². The van der Waals surface area contributed by atoms with Crippen LogP contribution >= 0.6 is 11.3 Å². The molecule has 1 amide bonds. The summed E-state index contributed by atoms with van der Waals surface area (Å²) in [6.07, 6.45) is 6.11. The Bertz CT molecular complexity index is 1700. The average Bonchev–Trinajstić information content (AvgIpc) is 3.44. The molecule has 0 spiro atoms. The molecule has 3 N–H and O–H groups in total. The highest BCUT2D eigenvalue weighted by Crippen LogP contribution is 2.39. The molecule has 0 fully saturated rings. The summed E-state index contributed by atoms with van der Waals surface area (Å²) >= 11 is 1.44. The van der Waals surface area contributed by atoms with Crippen LogP contribution in [0.15, 0.2) is 73.1 Å². The number of amides is 1. The first kappa shape index (κ1) is 26.3. The number of rotatable bonds is 7. The van der Waals surface area contributed by atoms with E-state index in [0.717, 1.165) is 60.9 Å². The van der Waals surface area contributed by atoms with Crippen LogP contribution in [0.2, 0.25) is 0 Å². The van der Waals surface area contributed by atoms with Gasteiger partial charge in [-0.2, -0.15) is 5.10 Å². The number of benzene rings is 2. The summed E-state index contributed by atoms with van der Waals surface area (Å²) in [5, 5.41) is 8.41. The lowest BCUT2D eigenvalue weighted by atomic mass is 9.93. The van der Waals surface area contributed by atoms with Crippen molar-refractivity contribution in [3.05, 3.63) is 101 Å². The van der Waals surface area contributed by atoms with Crippen molar-refractivity contribution in [3.8, 4) is 11.3 Å². The number of nitrogens with one attached hydrogen (secondary N) is 1. The Kier molecular flexibility index (Phi) is 7.08. The number of hydrogen-bond acceptors (Lipinski definition) is 6. The van der Waals surface area contributed by atoms with E-state index < -0.39 is 0 Å². The molecular formula is C31H32N6OS. The Hall–Kier alpha value is -4.27. The summed E-state index contributed by atoms with van der Waals surface area (Å²) in [5.41, 5.74) is 17.3. The minimum Gasteiger partial charge on any atom is -0.326 e. The summed E-state index contributed by atoms with van der Waals surface area (Å²) in [4.78, 5) is 18.2. The highest BCUT2D eigenvalue weighted by molar-refractivity contribution is 7.22. The van der Waals surface area contributed by atoms with Crippen molar-refractivity contribution in [3.63, 3.8) is 0 Å². The fourth-order valence-electron chi connectivity index (χ4n) is 5.15. The number of nitrogens with two attached hydrogens (primary N) is 1. The minimum atomic E-state index is -0.141. The van der Waals surface area contributed by atoms with Crippen LogP contribution in [0.1, 0.15) is 41.8 Å². The second-order valence-corrected chi connectivity index (χ2v) is 10.6. The third kappa shape index (κ3) is 4.73. The van der Waals surface area contributed by atoms with Crippen molar-refractivity contribution >= 4 is 44.4 Å². The van der Waals surface area contributed by atoms with Gasteiger partial charge in [0.05, 0.1) is 22.5 Å². The molecule has 0 radical (unpaired) electrons. The molecule has 0 unspecified atom stereocenters. The summed E-state index contributed by atoms with van der Waals surface area (Å²) < 4.78 is 2.99. The van der Waals surface area contributed by atoms with Gasteiger partial charge in [0.15, 0.2) is 5.13 Å². The van der Waals surface area contributed by atoms with Crippen LogP contribution in [0.4, 0.5) is 5.13 Å². The van der Waals surface area contributed by atoms with Gasteiger partial charge in [-0.1, -0.05) is 54.8 Å². The molecule has 0 saturated heterocycles. The topological polar surface area (TPSA) is 89.1 Å². The van der Waals surface area contributed by atoms with Crippen LogP contribution in [-0.2, 0) is 17.9 Å². The maximum Gasteiger partial charge on any atom is 0.223 e. The molecule has 198 valence electrons. The first-order valence-electron chi connectivity index (χ1n) is 12.8. The first-order valence-corrected chi connectivity index (χ1v) is 13.6. The molecule has 5 rings (SSSR count). The lowest BCUT2D eigenvalue weighted by Gasteiger charge is -2.35. The Labute approximate surface area is 232 Å². The van der Waals surface area contributed by atoms with Gasteiger partial charge in [0.1, 0.15) is 0 Å². The standard InChI is InChI=1S/C31H32N6OS/c1-7-24(8-2)37-20(5)29-18(3)10-9-11-22(29)14-25(37)17-36-19(4)26(16-32)30(35-36)23-12-13-27-28(15-23)39-31(34-27)33-21(6)38/h7-15H,1,5,16-17,32H2,2-4,6H3,(H,33,34,38)/b24-8+. The number of carbonyl (C=O) groups excluding carboxylic acids is 1. The minimum absolute atomic E-state index is 0.141. The second kappa shape index (κ2) is 10.5. The number of hydrogen-bond donors (Lipinski definition) is 2. The summed E-state index contributed by atoms with van der Waals surface area (Å²) in [5.74, 6) is -0.141. The number of anilines is 1. The maximum atomic E-state index is 11.5. The molecule has 1 aliphatic rings. The first-order chi connectivity index (χ1) is 18.7. The van der Waals surface area contributed by atoms with Crippen molar-refractivity contribution in [1.29, 1.82) is 0 Å². The van der Waals surface area contributed by atoms with Crippen molar-refractivity contribution in [2.75, 3.05) is 5.32 Å². The number of thiazole rings is 1. The van der Waals surface area contributed by atoms with Crippen LogP contribution < -0.4 is 11.1 Å². The van der Waals surface area contributed by atoms with E-state index in [2.05, 4.69) is 72.5 Å². The van der Waals surface area contributed by atoms with E-state index >= 15 is 0 Å². The molecule has 0 bridgehead atoms. The molecule has 2 aromatic heterocycles. The van der Waals surface area contributed by atoms with Crippen LogP contribution in [0.5, 0.6) is 0 Å². The largest absolute Gasteiger partial charge is 0.326 e. The molecule has 0 atom stereocenters. The van der Waals surface area contributed by atoms with Crippen LogP contribution in [-0.4, -0.2) is 25.6 Å². The highest BCUT2D eigenvalue weighted by atomic mass is 32.1. The van der Waals surface area contributed by atoms with Crippen molar-refractivity contribution in [2.24, 2.45) is 5.73 Å². The van der Waals surface area contributed by atoms with E-state index in [4.69, 9.17) is 10.8 Å². The molecule has 8 heteroatoms. The van der Waals surface area contributed by atoms with Gasteiger partial charge in [0, 0.05) is 52.9 Å². The third-order valence-corrected chi connectivity index (χ3v) is 7.96. The molecule has 0 aliphatic carbocycles. The zero-order valence-corrected chi connectivity index (χ0v) is 23.5. The van der Waals surface area contributed by atoms with Gasteiger partial charge in [-0.25, -0.2) is 4.98 Å². The van der Waals surface area contributed by atoms with E-state index in [1.165, 1.54) is 23.8 Å². The number of allylic oxidation sites excluding steroid dienone is 3. The fraction of sp³-hybridized carbons (Fsp3) is 0.194. The third-order valence-electron chi connectivity index (χ3n) is 7.03. The Morgan fingerprint density at radius 2 is 2.03 bits per heavy atom. The SMILES string of the molecule is C=C/C(=C\C)N1C(=C)c2c(C)cccc2C=C1Cn1nc(-c2ccc3nc(NC(C)=O)sc3c2)c(CN)c1C. The summed E-state index contributed by atoms with van der Waals surface area (Å²) in [6, 6.07) is 12.3. The monoisotopic (exact) mass is 536 g/mol. The Balaban J connectivity index is 1.58. The lowest BCUT2D eigenvalue weighted by molar-refractivity contribution is -0.114. The predicted molar refractivity (Wildman–Crippen MR) is 162 cm³/mol. The van der Waals surface area contributed by atoms with Crippen molar-refractivity contribution in [2.45, 2.75) is 40.8 Å². The highest BCUT2D eigenvalue weighted by Gasteiger charge is 2.26. The maximum absolute atomic E-state index is 11.5. The van der Waals surface area contributed by atoms with Crippen molar-refractivity contribution < 1.29 is 4.79 Å². The molecule has 2 aromatic carbocycles. The van der Waals surface area contributed by atoms with E-state index in [1.54, 1.807) is 0 Å². The van der Waals surface area contributed by atoms with Crippen LogP contribution in [0.25, 0.3) is 33.2 Å². The molecule has 39 heavy (non-hydrogen) atoms. The summed E-state index contributed by atoms with van der Waals surface area (Å²) in [6.45, 7) is 17.1. The van der Waals surface area contributed by atoms with Gasteiger partial charge in [-0.05, 0) is 56.2 Å². The smallest absolute Gasteiger partial charge is 0.223 e. The molecule has 4 aromatic rings. The molecule has 3 heterocycles.